The molecule has 0 spiro atoms. The summed E-state index contributed by atoms with van der Waals surface area (Å²) in [5.41, 5.74) is 1.46. The van der Waals surface area contributed by atoms with Crippen LogP contribution in [0.5, 0.6) is 0 Å². The molecule has 0 saturated carbocycles. The van der Waals surface area contributed by atoms with Crippen LogP contribution >= 0.6 is 0 Å². The second kappa shape index (κ2) is 4.70. The normalized spacial score (nSPS) is 10.2. The molecule has 0 bridgehead atoms. The largest absolute Gasteiger partial charge is 0.481 e. The van der Waals surface area contributed by atoms with Crippen LogP contribution in [-0.2, 0) is 11.2 Å². The van der Waals surface area contributed by atoms with E-state index < -0.39 is 11.9 Å². The summed E-state index contributed by atoms with van der Waals surface area (Å²) in [6.07, 6.45) is 2.61. The summed E-state index contributed by atoms with van der Waals surface area (Å²) >= 11 is 0. The van der Waals surface area contributed by atoms with E-state index in [2.05, 4.69) is 5.10 Å². The Bertz CT molecular complexity index is 586. The number of aliphatic carboxylic acids is 1. The molecule has 0 aliphatic carbocycles. The first-order chi connectivity index (χ1) is 8.56. The van der Waals surface area contributed by atoms with Crippen molar-refractivity contribution in [3.63, 3.8) is 0 Å². The van der Waals surface area contributed by atoms with Gasteiger partial charge in [0.2, 0.25) is 0 Å². The van der Waals surface area contributed by atoms with Gasteiger partial charge in [0.1, 0.15) is 0 Å². The third kappa shape index (κ3) is 2.54. The number of carboxylic acid groups (broad SMARTS) is 2. The van der Waals surface area contributed by atoms with E-state index in [1.807, 2.05) is 0 Å². The van der Waals surface area contributed by atoms with Crippen LogP contribution < -0.4 is 0 Å². The van der Waals surface area contributed by atoms with Crippen LogP contribution in [-0.4, -0.2) is 31.9 Å². The van der Waals surface area contributed by atoms with Crippen molar-refractivity contribution in [2.24, 2.45) is 0 Å². The van der Waals surface area contributed by atoms with Crippen molar-refractivity contribution in [3.8, 4) is 5.69 Å². The minimum absolute atomic E-state index is 0.0419. The van der Waals surface area contributed by atoms with Crippen molar-refractivity contribution in [1.29, 1.82) is 0 Å². The third-order valence-electron chi connectivity index (χ3n) is 2.39. The quantitative estimate of drug-likeness (QED) is 0.845. The highest BCUT2D eigenvalue weighted by molar-refractivity contribution is 5.86. The van der Waals surface area contributed by atoms with Crippen LogP contribution in [0.3, 0.4) is 0 Å². The Balaban J connectivity index is 2.22. The Morgan fingerprint density at radius 1 is 1.17 bits per heavy atom. The van der Waals surface area contributed by atoms with E-state index in [4.69, 9.17) is 10.2 Å². The van der Waals surface area contributed by atoms with Gasteiger partial charge in [-0.2, -0.15) is 5.10 Å². The number of benzene rings is 1. The first-order valence-electron chi connectivity index (χ1n) is 5.15. The van der Waals surface area contributed by atoms with E-state index in [1.165, 1.54) is 17.1 Å². The van der Waals surface area contributed by atoms with Gasteiger partial charge in [-0.3, -0.25) is 4.79 Å². The number of nitrogens with zero attached hydrogens (tertiary/aromatic N) is 2. The monoisotopic (exact) mass is 246 g/mol. The second-order valence-electron chi connectivity index (χ2n) is 3.72. The summed E-state index contributed by atoms with van der Waals surface area (Å²) in [6.45, 7) is 0. The van der Waals surface area contributed by atoms with Crippen LogP contribution in [0.1, 0.15) is 15.9 Å². The molecule has 1 aromatic heterocycles. The first-order valence-corrected chi connectivity index (χ1v) is 5.15. The van der Waals surface area contributed by atoms with E-state index >= 15 is 0 Å². The fourth-order valence-electron chi connectivity index (χ4n) is 1.52. The molecule has 0 aliphatic rings. The molecule has 6 heteroatoms. The van der Waals surface area contributed by atoms with Crippen LogP contribution in [0, 0.1) is 0 Å². The number of aromatic nitrogens is 2. The molecule has 0 unspecified atom stereocenters. The van der Waals surface area contributed by atoms with Gasteiger partial charge >= 0.3 is 11.9 Å². The molecule has 0 saturated heterocycles. The molecule has 0 atom stereocenters. The zero-order chi connectivity index (χ0) is 13.1. The molecule has 2 rings (SSSR count). The van der Waals surface area contributed by atoms with Gasteiger partial charge in [0.15, 0.2) is 0 Å². The number of hydrogen-bond acceptors (Lipinski definition) is 3. The molecule has 0 amide bonds. The van der Waals surface area contributed by atoms with Crippen LogP contribution in [0.15, 0.2) is 36.7 Å². The Morgan fingerprint density at radius 2 is 1.83 bits per heavy atom. The lowest BCUT2D eigenvalue weighted by atomic mass is 10.1. The van der Waals surface area contributed by atoms with Gasteiger partial charge in [-0.25, -0.2) is 9.48 Å². The standard InChI is InChI=1S/C12H10N2O4/c15-11(16)5-8-1-3-10(4-2-8)14-7-9(6-13-14)12(17)18/h1-4,6-7H,5H2,(H,15,16)(H,17,18). The lowest BCUT2D eigenvalue weighted by Crippen LogP contribution is -2.01. The average molecular weight is 246 g/mol. The summed E-state index contributed by atoms with van der Waals surface area (Å²) in [5.74, 6) is -1.93. The molecule has 92 valence electrons. The highest BCUT2D eigenvalue weighted by Crippen LogP contribution is 2.10. The number of rotatable bonds is 4. The molecule has 0 radical (unpaired) electrons. The molecule has 18 heavy (non-hydrogen) atoms. The molecule has 0 fully saturated rings. The molecular weight excluding hydrogens is 236 g/mol. The zero-order valence-electron chi connectivity index (χ0n) is 9.28. The minimum atomic E-state index is -1.04. The van der Waals surface area contributed by atoms with Crippen molar-refractivity contribution >= 4 is 11.9 Å². The molecule has 6 nitrogen and oxygen atoms in total. The molecular formula is C12H10N2O4. The lowest BCUT2D eigenvalue weighted by molar-refractivity contribution is -0.136. The lowest BCUT2D eigenvalue weighted by Gasteiger charge is -2.02. The number of hydrogen-bond donors (Lipinski definition) is 2. The predicted octanol–water partition coefficient (Wildman–Crippen LogP) is 1.20. The van der Waals surface area contributed by atoms with Crippen molar-refractivity contribution in [3.05, 3.63) is 47.8 Å². The predicted molar refractivity (Wildman–Crippen MR) is 61.9 cm³/mol. The third-order valence-corrected chi connectivity index (χ3v) is 2.39. The van der Waals surface area contributed by atoms with Crippen LogP contribution in [0.25, 0.3) is 5.69 Å². The highest BCUT2D eigenvalue weighted by atomic mass is 16.4. The van der Waals surface area contributed by atoms with Gasteiger partial charge in [0.05, 0.1) is 23.9 Å². The maximum atomic E-state index is 10.7. The fourth-order valence-corrected chi connectivity index (χ4v) is 1.52. The van der Waals surface area contributed by atoms with E-state index in [1.54, 1.807) is 24.3 Å². The Labute approximate surface area is 102 Å². The van der Waals surface area contributed by atoms with Crippen LogP contribution in [0.2, 0.25) is 0 Å². The van der Waals surface area contributed by atoms with Gasteiger partial charge in [0, 0.05) is 6.20 Å². The van der Waals surface area contributed by atoms with Gasteiger partial charge < -0.3 is 10.2 Å². The number of carbonyl (C=O) groups is 2. The first kappa shape index (κ1) is 11.8. The summed E-state index contributed by atoms with van der Waals surface area (Å²) < 4.78 is 1.42. The topological polar surface area (TPSA) is 92.4 Å². The van der Waals surface area contributed by atoms with Crippen LogP contribution in [0.4, 0.5) is 0 Å². The van der Waals surface area contributed by atoms with Gasteiger partial charge in [-0.1, -0.05) is 12.1 Å². The molecule has 2 N–H and O–H groups in total. The smallest absolute Gasteiger partial charge is 0.338 e. The van der Waals surface area contributed by atoms with Crippen molar-refractivity contribution < 1.29 is 19.8 Å². The van der Waals surface area contributed by atoms with Gasteiger partial charge in [0.25, 0.3) is 0 Å². The molecule has 1 heterocycles. The van der Waals surface area contributed by atoms with E-state index in [0.29, 0.717) is 11.3 Å². The van der Waals surface area contributed by atoms with E-state index in [-0.39, 0.29) is 12.0 Å². The molecule has 2 aromatic rings. The van der Waals surface area contributed by atoms with Crippen molar-refractivity contribution in [2.75, 3.05) is 0 Å². The summed E-state index contributed by atoms with van der Waals surface area (Å²) in [5, 5.41) is 21.3. The zero-order valence-corrected chi connectivity index (χ0v) is 9.28. The minimum Gasteiger partial charge on any atom is -0.481 e. The van der Waals surface area contributed by atoms with Crippen molar-refractivity contribution in [2.45, 2.75) is 6.42 Å². The number of aromatic carboxylic acids is 1. The molecule has 0 aliphatic heterocycles. The second-order valence-corrected chi connectivity index (χ2v) is 3.72. The summed E-state index contributed by atoms with van der Waals surface area (Å²) in [6, 6.07) is 6.73. The highest BCUT2D eigenvalue weighted by Gasteiger charge is 2.07. The van der Waals surface area contributed by atoms with Gasteiger partial charge in [-0.05, 0) is 17.7 Å². The maximum absolute atomic E-state index is 10.7. The van der Waals surface area contributed by atoms with Crippen molar-refractivity contribution in [1.82, 2.24) is 9.78 Å². The van der Waals surface area contributed by atoms with Gasteiger partial charge in [-0.15, -0.1) is 0 Å². The SMILES string of the molecule is O=C(O)Cc1ccc(-n2cc(C(=O)O)cn2)cc1. The Kier molecular flexibility index (Phi) is 3.09. The molecule has 1 aromatic carbocycles. The Hall–Kier alpha value is -2.63. The summed E-state index contributed by atoms with van der Waals surface area (Å²) in [7, 11) is 0. The number of carboxylic acids is 2. The maximum Gasteiger partial charge on any atom is 0.338 e. The average Bonchev–Trinajstić information content (AvgIpc) is 2.78. The van der Waals surface area contributed by atoms with E-state index in [9.17, 15) is 9.59 Å². The van der Waals surface area contributed by atoms with E-state index in [0.717, 1.165) is 0 Å². The Morgan fingerprint density at radius 3 is 2.33 bits per heavy atom. The summed E-state index contributed by atoms with van der Waals surface area (Å²) in [4.78, 5) is 21.2. The fraction of sp³-hybridized carbons (Fsp3) is 0.0833.